The predicted molar refractivity (Wildman–Crippen MR) is 105 cm³/mol. The fourth-order valence-corrected chi connectivity index (χ4v) is 3.52. The van der Waals surface area contributed by atoms with Gasteiger partial charge in [-0.3, -0.25) is 9.52 Å². The molecule has 1 heterocycles. The number of sulfonamides is 1. The summed E-state index contributed by atoms with van der Waals surface area (Å²) in [5.74, 6) is -0.376. The van der Waals surface area contributed by atoms with Crippen molar-refractivity contribution in [2.24, 2.45) is 0 Å². The molecule has 0 aliphatic heterocycles. The Bertz CT molecular complexity index is 1100. The van der Waals surface area contributed by atoms with Gasteiger partial charge in [0.15, 0.2) is 0 Å². The van der Waals surface area contributed by atoms with Crippen molar-refractivity contribution < 1.29 is 17.9 Å². The van der Waals surface area contributed by atoms with Crippen LogP contribution in [0.25, 0.3) is 0 Å². The van der Waals surface area contributed by atoms with Crippen LogP contribution in [0.2, 0.25) is 5.02 Å². The molecule has 0 spiro atoms. The first kappa shape index (κ1) is 19.6. The number of nitrogens with one attached hydrogen (secondary N) is 2. The van der Waals surface area contributed by atoms with Crippen LogP contribution in [0.4, 0.5) is 11.5 Å². The number of halogens is 1. The number of hydrogen-bond acceptors (Lipinski definition) is 6. The number of methoxy groups -OCH3 is 1. The van der Waals surface area contributed by atoms with Gasteiger partial charge in [-0.05, 0) is 36.4 Å². The van der Waals surface area contributed by atoms with E-state index in [2.05, 4.69) is 20.0 Å². The summed E-state index contributed by atoms with van der Waals surface area (Å²) in [5.41, 5.74) is 0.734. The summed E-state index contributed by atoms with van der Waals surface area (Å²) in [5, 5.41) is 2.99. The number of rotatable bonds is 6. The molecule has 2 N–H and O–H groups in total. The van der Waals surface area contributed by atoms with E-state index in [0.29, 0.717) is 16.3 Å². The van der Waals surface area contributed by atoms with Crippen molar-refractivity contribution >= 4 is 39.0 Å². The molecule has 3 aromatic rings. The third kappa shape index (κ3) is 4.38. The molecule has 0 fully saturated rings. The maximum Gasteiger partial charge on any atom is 0.263 e. The van der Waals surface area contributed by atoms with Gasteiger partial charge in [-0.2, -0.15) is 0 Å². The molecule has 0 saturated heterocycles. The fraction of sp³-hybridized carbons (Fsp3) is 0.0556. The van der Waals surface area contributed by atoms with E-state index < -0.39 is 15.9 Å². The lowest BCUT2D eigenvalue weighted by molar-refractivity contribution is 0.102. The second-order valence-electron chi connectivity index (χ2n) is 5.48. The standard InChI is InChI=1S/C18H15ClN4O4S/c1-27-18-16(20-10-11-21-18)23-28(25,26)13-8-6-12(7-9-13)22-17(24)14-4-2-3-5-15(14)19/h2-11H,1H3,(H,20,23)(H,22,24). The van der Waals surface area contributed by atoms with Crippen LogP contribution in [-0.4, -0.2) is 31.4 Å². The van der Waals surface area contributed by atoms with Gasteiger partial charge in [-0.15, -0.1) is 0 Å². The summed E-state index contributed by atoms with van der Waals surface area (Å²) in [7, 11) is -2.56. The smallest absolute Gasteiger partial charge is 0.263 e. The van der Waals surface area contributed by atoms with Crippen molar-refractivity contribution in [2.75, 3.05) is 17.1 Å². The van der Waals surface area contributed by atoms with E-state index in [4.69, 9.17) is 16.3 Å². The van der Waals surface area contributed by atoms with Gasteiger partial charge in [0.1, 0.15) is 0 Å². The molecule has 0 unspecified atom stereocenters. The highest BCUT2D eigenvalue weighted by atomic mass is 35.5. The molecule has 0 aliphatic carbocycles. The lowest BCUT2D eigenvalue weighted by atomic mass is 10.2. The number of benzene rings is 2. The molecule has 0 atom stereocenters. The predicted octanol–water partition coefficient (Wildman–Crippen LogP) is 3.19. The number of amides is 1. The third-order valence-corrected chi connectivity index (χ3v) is 5.31. The van der Waals surface area contributed by atoms with Crippen molar-refractivity contribution in [2.45, 2.75) is 4.90 Å². The molecule has 8 nitrogen and oxygen atoms in total. The van der Waals surface area contributed by atoms with Crippen molar-refractivity contribution in [1.29, 1.82) is 0 Å². The van der Waals surface area contributed by atoms with E-state index >= 15 is 0 Å². The third-order valence-electron chi connectivity index (χ3n) is 3.63. The molecule has 0 saturated carbocycles. The van der Waals surface area contributed by atoms with Gasteiger partial charge in [-0.1, -0.05) is 23.7 Å². The lowest BCUT2D eigenvalue weighted by Gasteiger charge is -2.11. The summed E-state index contributed by atoms with van der Waals surface area (Å²) >= 11 is 6.00. The minimum Gasteiger partial charge on any atom is -0.478 e. The molecular weight excluding hydrogens is 404 g/mol. The largest absolute Gasteiger partial charge is 0.478 e. The fourth-order valence-electron chi connectivity index (χ4n) is 2.29. The van der Waals surface area contributed by atoms with Crippen molar-refractivity contribution in [3.63, 3.8) is 0 Å². The lowest BCUT2D eigenvalue weighted by Crippen LogP contribution is -2.15. The van der Waals surface area contributed by atoms with Gasteiger partial charge in [0.2, 0.25) is 5.82 Å². The zero-order valence-electron chi connectivity index (χ0n) is 14.6. The van der Waals surface area contributed by atoms with E-state index in [-0.39, 0.29) is 16.6 Å². The average Bonchev–Trinajstić information content (AvgIpc) is 2.69. The number of ether oxygens (including phenoxy) is 1. The van der Waals surface area contributed by atoms with Gasteiger partial charge in [0.25, 0.3) is 21.8 Å². The topological polar surface area (TPSA) is 110 Å². The summed E-state index contributed by atoms with van der Waals surface area (Å²) in [6.07, 6.45) is 2.72. The first-order chi connectivity index (χ1) is 13.4. The SMILES string of the molecule is COc1nccnc1NS(=O)(=O)c1ccc(NC(=O)c2ccccc2Cl)cc1. The highest BCUT2D eigenvalue weighted by Gasteiger charge is 2.18. The maximum atomic E-state index is 12.5. The molecule has 10 heteroatoms. The molecule has 0 aliphatic rings. The molecule has 28 heavy (non-hydrogen) atoms. The Morgan fingerprint density at radius 3 is 2.39 bits per heavy atom. The van der Waals surface area contributed by atoms with Crippen LogP contribution in [0.1, 0.15) is 10.4 Å². The van der Waals surface area contributed by atoms with Gasteiger partial charge in [-0.25, -0.2) is 18.4 Å². The normalized spacial score (nSPS) is 10.9. The minimum atomic E-state index is -3.92. The Labute approximate surface area is 166 Å². The number of anilines is 2. The molecule has 2 aromatic carbocycles. The number of carbonyl (C=O) groups is 1. The monoisotopic (exact) mass is 418 g/mol. The first-order valence-corrected chi connectivity index (χ1v) is 9.80. The van der Waals surface area contributed by atoms with Crippen LogP contribution in [-0.2, 0) is 10.0 Å². The van der Waals surface area contributed by atoms with E-state index in [1.54, 1.807) is 24.3 Å². The summed E-state index contributed by atoms with van der Waals surface area (Å²) in [6.45, 7) is 0. The van der Waals surface area contributed by atoms with Crippen molar-refractivity contribution in [3.8, 4) is 5.88 Å². The Morgan fingerprint density at radius 1 is 1.04 bits per heavy atom. The summed E-state index contributed by atoms with van der Waals surface area (Å²) < 4.78 is 32.4. The van der Waals surface area contributed by atoms with Gasteiger partial charge < -0.3 is 10.1 Å². The average molecular weight is 419 g/mol. The second-order valence-corrected chi connectivity index (χ2v) is 7.57. The quantitative estimate of drug-likeness (QED) is 0.636. The van der Waals surface area contributed by atoms with Crippen LogP contribution >= 0.6 is 11.6 Å². The summed E-state index contributed by atoms with van der Waals surface area (Å²) in [4.78, 5) is 20.1. The van der Waals surface area contributed by atoms with Gasteiger partial charge in [0, 0.05) is 18.1 Å². The Morgan fingerprint density at radius 2 is 1.71 bits per heavy atom. The molecular formula is C18H15ClN4O4S. The molecule has 144 valence electrons. The van der Waals surface area contributed by atoms with Crippen LogP contribution in [0, 0.1) is 0 Å². The molecule has 0 radical (unpaired) electrons. The maximum absolute atomic E-state index is 12.5. The Hall–Kier alpha value is -3.17. The zero-order valence-corrected chi connectivity index (χ0v) is 16.2. The number of aromatic nitrogens is 2. The number of nitrogens with zero attached hydrogens (tertiary/aromatic N) is 2. The highest BCUT2D eigenvalue weighted by Crippen LogP contribution is 2.23. The highest BCUT2D eigenvalue weighted by molar-refractivity contribution is 7.92. The number of carbonyl (C=O) groups excluding carboxylic acids is 1. The first-order valence-electron chi connectivity index (χ1n) is 7.94. The molecule has 1 amide bonds. The van der Waals surface area contributed by atoms with Gasteiger partial charge >= 0.3 is 0 Å². The minimum absolute atomic E-state index is 0.0176. The zero-order chi connectivity index (χ0) is 20.1. The van der Waals surface area contributed by atoms with Crippen molar-refractivity contribution in [1.82, 2.24) is 9.97 Å². The molecule has 0 bridgehead atoms. The molecule has 1 aromatic heterocycles. The van der Waals surface area contributed by atoms with Crippen LogP contribution < -0.4 is 14.8 Å². The van der Waals surface area contributed by atoms with Crippen molar-refractivity contribution in [3.05, 3.63) is 71.5 Å². The van der Waals surface area contributed by atoms with E-state index in [0.717, 1.165) is 0 Å². The number of hydrogen-bond donors (Lipinski definition) is 2. The van der Waals surface area contributed by atoms with E-state index in [9.17, 15) is 13.2 Å². The van der Waals surface area contributed by atoms with Crippen LogP contribution in [0.15, 0.2) is 65.8 Å². The summed E-state index contributed by atoms with van der Waals surface area (Å²) in [6, 6.07) is 12.3. The second kappa shape index (κ2) is 8.24. The Balaban J connectivity index is 1.76. The Kier molecular flexibility index (Phi) is 5.76. The van der Waals surface area contributed by atoms with Crippen LogP contribution in [0.3, 0.4) is 0 Å². The van der Waals surface area contributed by atoms with Crippen LogP contribution in [0.5, 0.6) is 5.88 Å². The molecule has 3 rings (SSSR count). The van der Waals surface area contributed by atoms with E-state index in [1.165, 1.54) is 43.8 Å². The van der Waals surface area contributed by atoms with Gasteiger partial charge in [0.05, 0.1) is 22.6 Å². The van der Waals surface area contributed by atoms with E-state index in [1.807, 2.05) is 0 Å².